The average Bonchev–Trinajstić information content (AvgIpc) is 3.88. The molecule has 0 bridgehead atoms. The minimum absolute atomic E-state index is 0.107. The topological polar surface area (TPSA) is 180 Å². The van der Waals surface area contributed by atoms with E-state index in [0.717, 1.165) is 40.3 Å². The van der Waals surface area contributed by atoms with Crippen LogP contribution in [-0.4, -0.2) is 99.3 Å². The smallest absolute Gasteiger partial charge is 0.258 e. The third kappa shape index (κ3) is 10.5. The molecule has 19 heteroatoms. The van der Waals surface area contributed by atoms with Crippen LogP contribution in [0.5, 0.6) is 17.2 Å². The molecule has 5 aromatic carbocycles. The Labute approximate surface area is 423 Å². The summed E-state index contributed by atoms with van der Waals surface area (Å²) in [5.74, 6) is -0.411. The van der Waals surface area contributed by atoms with Crippen LogP contribution in [0.2, 0.25) is 0 Å². The second-order valence-corrected chi connectivity index (χ2v) is 21.6. The fourth-order valence-electron chi connectivity index (χ4n) is 9.52. The van der Waals surface area contributed by atoms with Gasteiger partial charge in [0.2, 0.25) is 20.0 Å². The molecule has 4 heterocycles. The van der Waals surface area contributed by atoms with Crippen molar-refractivity contribution in [3.05, 3.63) is 159 Å². The molecule has 0 saturated carbocycles. The third-order valence-electron chi connectivity index (χ3n) is 13.0. The second kappa shape index (κ2) is 21.0. The molecule has 0 atom stereocenters. The minimum Gasteiger partial charge on any atom is -0.505 e. The fourth-order valence-corrected chi connectivity index (χ4v) is 11.5. The zero-order valence-electron chi connectivity index (χ0n) is 41.6. The number of halogens is 2. The van der Waals surface area contributed by atoms with Gasteiger partial charge in [-0.2, -0.15) is 0 Å². The van der Waals surface area contributed by atoms with Crippen molar-refractivity contribution in [3.63, 3.8) is 0 Å². The molecule has 0 aliphatic carbocycles. The van der Waals surface area contributed by atoms with E-state index in [2.05, 4.69) is 4.98 Å². The fraction of sp³-hybridized carbons (Fsp3) is 0.296. The molecule has 1 N–H and O–H groups in total. The van der Waals surface area contributed by atoms with E-state index in [1.807, 2.05) is 44.2 Å². The van der Waals surface area contributed by atoms with Gasteiger partial charge in [0.25, 0.3) is 11.8 Å². The van der Waals surface area contributed by atoms with Gasteiger partial charge in [-0.15, -0.1) is 0 Å². The largest absolute Gasteiger partial charge is 0.505 e. The minimum atomic E-state index is -3.69. The lowest BCUT2D eigenvalue weighted by Crippen LogP contribution is -2.31. The third-order valence-corrected chi connectivity index (χ3v) is 15.5. The number of sulfonamides is 2. The first-order valence-corrected chi connectivity index (χ1v) is 27.4. The first-order valence-electron chi connectivity index (χ1n) is 23.7. The Kier molecular flexibility index (Phi) is 14.9. The van der Waals surface area contributed by atoms with Gasteiger partial charge in [-0.25, -0.2) is 25.6 Å². The standard InChI is InChI=1S/C31H32FN3O5S.C23H24FN3O4S/c1-5-34-18-26-27(31(34)36)30(40-19-21-9-13-24(39-3)14-10-21)28-25(29(26)35(6-2)41(4,37)38)16-22(17-33-28)15-20-7-11-23(32)12-8-20;1-4-26-13-18-19(23(26)29)22(28)20-17(21(18)27(5-2)32(3,30)31)11-15(12-25-20)10-14-6-8-16(24)9-7-14/h7-14,16-17H,5-6,15,18-19H2,1-4H3;6-9,11-12,28H,4-5,10,13H2,1-3H3. The van der Waals surface area contributed by atoms with E-state index in [4.69, 9.17) is 14.5 Å². The first kappa shape index (κ1) is 52.0. The van der Waals surface area contributed by atoms with Crippen molar-refractivity contribution < 1.29 is 49.8 Å². The van der Waals surface area contributed by atoms with E-state index in [1.54, 1.807) is 73.5 Å². The number of phenolic OH excluding ortho intramolecular Hbond substituents is 1. The summed E-state index contributed by atoms with van der Waals surface area (Å²) in [4.78, 5) is 38.9. The number of amides is 2. The number of carbonyl (C=O) groups is 2. The molecule has 2 aliphatic rings. The normalized spacial score (nSPS) is 13.3. The number of methoxy groups -OCH3 is 1. The van der Waals surface area contributed by atoms with Gasteiger partial charge < -0.3 is 24.4 Å². The molecule has 382 valence electrons. The first-order chi connectivity index (χ1) is 34.8. The van der Waals surface area contributed by atoms with Crippen molar-refractivity contribution >= 4 is 65.0 Å². The highest BCUT2D eigenvalue weighted by molar-refractivity contribution is 7.92. The molecule has 15 nitrogen and oxygen atoms in total. The van der Waals surface area contributed by atoms with Crippen LogP contribution in [0.3, 0.4) is 0 Å². The van der Waals surface area contributed by atoms with E-state index in [9.17, 15) is 40.3 Å². The molecule has 0 fully saturated rings. The Balaban J connectivity index is 0.000000201. The van der Waals surface area contributed by atoms with Crippen molar-refractivity contribution in [2.45, 2.75) is 60.2 Å². The van der Waals surface area contributed by atoms with Crippen LogP contribution < -0.4 is 18.1 Å². The lowest BCUT2D eigenvalue weighted by molar-refractivity contribution is 0.0776. The highest BCUT2D eigenvalue weighted by Gasteiger charge is 2.39. The summed E-state index contributed by atoms with van der Waals surface area (Å²) in [5.41, 5.74) is 7.11. The van der Waals surface area contributed by atoms with E-state index in [-0.39, 0.29) is 73.1 Å². The summed E-state index contributed by atoms with van der Waals surface area (Å²) in [6.45, 7) is 9.04. The lowest BCUT2D eigenvalue weighted by atomic mass is 9.98. The number of fused-ring (bicyclic) bond motifs is 4. The Morgan fingerprint density at radius 1 is 0.616 bits per heavy atom. The number of nitrogens with zero attached hydrogens (tertiary/aromatic N) is 6. The predicted octanol–water partition coefficient (Wildman–Crippen LogP) is 8.75. The van der Waals surface area contributed by atoms with E-state index in [0.29, 0.717) is 81.8 Å². The number of ether oxygens (including phenoxy) is 2. The highest BCUT2D eigenvalue weighted by atomic mass is 32.2. The molecule has 0 spiro atoms. The number of carbonyl (C=O) groups excluding carboxylic acids is 2. The van der Waals surface area contributed by atoms with Crippen LogP contribution in [0.25, 0.3) is 21.8 Å². The van der Waals surface area contributed by atoms with Crippen molar-refractivity contribution in [1.29, 1.82) is 0 Å². The SMILES string of the molecule is CCN1Cc2c(c(O)c3ncc(Cc4ccc(F)cc4)cc3c2N(CC)S(C)(=O)=O)C1=O.CCN1Cc2c(c(OCc3ccc(OC)cc3)c3ncc(Cc4ccc(F)cc4)cc3c2N(CC)S(C)(=O)=O)C1=O. The van der Waals surface area contributed by atoms with Gasteiger partial charge in [0.15, 0.2) is 11.5 Å². The number of phenols is 1. The number of anilines is 2. The van der Waals surface area contributed by atoms with Crippen LogP contribution in [0.15, 0.2) is 97.3 Å². The molecule has 2 aliphatic heterocycles. The summed E-state index contributed by atoms with van der Waals surface area (Å²) < 4.78 is 92.3. The molecule has 7 aromatic rings. The second-order valence-electron chi connectivity index (χ2n) is 17.8. The average molecular weight is 1040 g/mol. The molecule has 2 aromatic heterocycles. The van der Waals surface area contributed by atoms with Gasteiger partial charge in [0.05, 0.1) is 42.1 Å². The number of benzene rings is 5. The lowest BCUT2D eigenvalue weighted by Gasteiger charge is -2.26. The number of pyridine rings is 2. The highest BCUT2D eigenvalue weighted by Crippen LogP contribution is 2.47. The van der Waals surface area contributed by atoms with Gasteiger partial charge in [-0.05, 0) is 117 Å². The monoisotopic (exact) mass is 1030 g/mol. The van der Waals surface area contributed by atoms with Crippen molar-refractivity contribution in [3.8, 4) is 17.2 Å². The molecule has 0 unspecified atom stereocenters. The van der Waals surface area contributed by atoms with Crippen molar-refractivity contribution in [2.24, 2.45) is 0 Å². The van der Waals surface area contributed by atoms with Gasteiger partial charge in [-0.1, -0.05) is 36.4 Å². The summed E-state index contributed by atoms with van der Waals surface area (Å²) >= 11 is 0. The molecule has 9 rings (SSSR count). The Hall–Kier alpha value is -7.38. The molecule has 73 heavy (non-hydrogen) atoms. The maximum absolute atomic E-state index is 13.6. The number of hydrogen-bond donors (Lipinski definition) is 1. The van der Waals surface area contributed by atoms with Gasteiger partial charge in [0, 0.05) is 73.6 Å². The molecule has 0 saturated heterocycles. The Bertz CT molecular complexity index is 3490. The summed E-state index contributed by atoms with van der Waals surface area (Å²) in [6, 6.07) is 23.4. The maximum Gasteiger partial charge on any atom is 0.258 e. The Morgan fingerprint density at radius 3 is 1.48 bits per heavy atom. The van der Waals surface area contributed by atoms with Crippen LogP contribution in [0.1, 0.15) is 87.4 Å². The van der Waals surface area contributed by atoms with Crippen LogP contribution >= 0.6 is 0 Å². The summed E-state index contributed by atoms with van der Waals surface area (Å²) in [5, 5.41) is 12.0. The zero-order valence-corrected chi connectivity index (χ0v) is 43.2. The predicted molar refractivity (Wildman–Crippen MR) is 277 cm³/mol. The summed E-state index contributed by atoms with van der Waals surface area (Å²) in [7, 11) is -5.76. The number of aromatic nitrogens is 2. The van der Waals surface area contributed by atoms with Gasteiger partial charge >= 0.3 is 0 Å². The molecular weight excluding hydrogens is 979 g/mol. The van der Waals surface area contributed by atoms with E-state index in [1.165, 1.54) is 32.9 Å². The number of rotatable bonds is 16. The molecule has 2 amide bonds. The molecular formula is C54H56F2N6O9S2. The van der Waals surface area contributed by atoms with Gasteiger partial charge in [-0.3, -0.25) is 28.2 Å². The van der Waals surface area contributed by atoms with Crippen LogP contribution in [-0.2, 0) is 52.6 Å². The number of hydrogen-bond acceptors (Lipinski definition) is 11. The van der Waals surface area contributed by atoms with Crippen LogP contribution in [0.4, 0.5) is 20.2 Å². The zero-order chi connectivity index (χ0) is 52.5. The van der Waals surface area contributed by atoms with Gasteiger partial charge in [0.1, 0.15) is 35.0 Å². The number of aromatic hydroxyl groups is 1. The summed E-state index contributed by atoms with van der Waals surface area (Å²) in [6.07, 6.45) is 6.46. The van der Waals surface area contributed by atoms with Crippen LogP contribution in [0, 0.1) is 11.6 Å². The maximum atomic E-state index is 13.6. The van der Waals surface area contributed by atoms with Crippen molar-refractivity contribution in [2.75, 3.05) is 54.4 Å². The quantitative estimate of drug-likeness (QED) is 0.0978. The van der Waals surface area contributed by atoms with E-state index >= 15 is 0 Å². The van der Waals surface area contributed by atoms with E-state index < -0.39 is 20.0 Å². The van der Waals surface area contributed by atoms with Crippen molar-refractivity contribution in [1.82, 2.24) is 19.8 Å². The molecule has 0 radical (unpaired) electrons. The Morgan fingerprint density at radius 2 is 1.04 bits per heavy atom.